The van der Waals surface area contributed by atoms with E-state index >= 15 is 0 Å². The Bertz CT molecular complexity index is 885. The van der Waals surface area contributed by atoms with Crippen molar-refractivity contribution in [1.82, 2.24) is 9.88 Å². The van der Waals surface area contributed by atoms with E-state index in [-0.39, 0.29) is 5.91 Å². The van der Waals surface area contributed by atoms with Crippen LogP contribution in [-0.2, 0) is 13.1 Å². The largest absolute Gasteiger partial charge is 0.366 e. The number of rotatable bonds is 7. The molecule has 2 aromatic carbocycles. The molecule has 1 aliphatic carbocycles. The first kappa shape index (κ1) is 16.9. The number of aromatic nitrogens is 1. The second kappa shape index (κ2) is 7.40. The van der Waals surface area contributed by atoms with E-state index < -0.39 is 0 Å². The van der Waals surface area contributed by atoms with E-state index in [1.807, 2.05) is 30.3 Å². The number of nitrogens with zero attached hydrogens (tertiary/aromatic N) is 2. The van der Waals surface area contributed by atoms with Crippen LogP contribution in [-0.4, -0.2) is 21.8 Å². The molecule has 0 radical (unpaired) electrons. The molecule has 4 nitrogen and oxygen atoms in total. The molecule has 2 N–H and O–H groups in total. The van der Waals surface area contributed by atoms with Gasteiger partial charge in [0.05, 0.1) is 5.69 Å². The first-order valence-corrected chi connectivity index (χ1v) is 9.69. The van der Waals surface area contributed by atoms with Crippen molar-refractivity contribution in [1.29, 1.82) is 0 Å². The van der Waals surface area contributed by atoms with E-state index in [1.165, 1.54) is 24.0 Å². The quantitative estimate of drug-likeness (QED) is 0.688. The van der Waals surface area contributed by atoms with Crippen molar-refractivity contribution >= 4 is 17.2 Å². The number of thiazole rings is 1. The minimum absolute atomic E-state index is 0.383. The summed E-state index contributed by atoms with van der Waals surface area (Å²) in [5.74, 6) is -0.383. The zero-order valence-corrected chi connectivity index (χ0v) is 15.3. The summed E-state index contributed by atoms with van der Waals surface area (Å²) in [7, 11) is 0. The van der Waals surface area contributed by atoms with Gasteiger partial charge in [0, 0.05) is 35.6 Å². The molecule has 0 atom stereocenters. The molecule has 0 saturated heterocycles. The van der Waals surface area contributed by atoms with Crippen LogP contribution in [0.3, 0.4) is 0 Å². The Morgan fingerprint density at radius 2 is 1.81 bits per heavy atom. The number of carbonyl (C=O) groups is 1. The zero-order valence-electron chi connectivity index (χ0n) is 14.5. The lowest BCUT2D eigenvalue weighted by molar-refractivity contribution is 0.100. The minimum atomic E-state index is -0.383. The van der Waals surface area contributed by atoms with Gasteiger partial charge in [0.1, 0.15) is 5.01 Å². The summed E-state index contributed by atoms with van der Waals surface area (Å²) in [6.45, 7) is 1.72. The third-order valence-electron chi connectivity index (χ3n) is 4.62. The summed E-state index contributed by atoms with van der Waals surface area (Å²) in [6, 6.07) is 18.5. The van der Waals surface area contributed by atoms with E-state index in [1.54, 1.807) is 23.5 Å². The highest BCUT2D eigenvalue weighted by molar-refractivity contribution is 7.13. The fourth-order valence-electron chi connectivity index (χ4n) is 3.06. The van der Waals surface area contributed by atoms with E-state index in [2.05, 4.69) is 22.4 Å². The van der Waals surface area contributed by atoms with Crippen LogP contribution in [0.2, 0.25) is 0 Å². The highest BCUT2D eigenvalue weighted by Crippen LogP contribution is 2.31. The average molecular weight is 363 g/mol. The van der Waals surface area contributed by atoms with E-state index in [4.69, 9.17) is 10.7 Å². The van der Waals surface area contributed by atoms with Crippen LogP contribution in [0.4, 0.5) is 0 Å². The predicted molar refractivity (Wildman–Crippen MR) is 105 cm³/mol. The van der Waals surface area contributed by atoms with Gasteiger partial charge in [-0.25, -0.2) is 4.98 Å². The van der Waals surface area contributed by atoms with E-state index in [9.17, 15) is 4.79 Å². The lowest BCUT2D eigenvalue weighted by Crippen LogP contribution is -2.25. The Kier molecular flexibility index (Phi) is 4.82. The lowest BCUT2D eigenvalue weighted by atomic mass is 10.1. The second-order valence-electron chi connectivity index (χ2n) is 6.71. The highest BCUT2D eigenvalue weighted by atomic mass is 32.1. The molecule has 4 rings (SSSR count). The molecule has 0 spiro atoms. The van der Waals surface area contributed by atoms with Gasteiger partial charge in [0.2, 0.25) is 5.91 Å². The maximum atomic E-state index is 11.2. The van der Waals surface area contributed by atoms with Crippen LogP contribution in [0, 0.1) is 0 Å². The average Bonchev–Trinajstić information content (AvgIpc) is 3.41. The molecular formula is C21H21N3OS. The number of carbonyl (C=O) groups excluding carboxylic acids is 1. The normalized spacial score (nSPS) is 13.9. The Hall–Kier alpha value is -2.50. The molecule has 1 aliphatic rings. The van der Waals surface area contributed by atoms with Crippen molar-refractivity contribution in [2.75, 3.05) is 0 Å². The Labute approximate surface area is 157 Å². The first-order valence-electron chi connectivity index (χ1n) is 8.81. The number of hydrogen-bond acceptors (Lipinski definition) is 4. The molecule has 132 valence electrons. The maximum Gasteiger partial charge on any atom is 0.248 e. The van der Waals surface area contributed by atoms with Crippen molar-refractivity contribution < 1.29 is 4.79 Å². The molecule has 3 aromatic rings. The van der Waals surface area contributed by atoms with Crippen LogP contribution in [0.15, 0.2) is 60.0 Å². The molecule has 1 amide bonds. The molecule has 1 fully saturated rings. The smallest absolute Gasteiger partial charge is 0.248 e. The summed E-state index contributed by atoms with van der Waals surface area (Å²) in [4.78, 5) is 18.5. The van der Waals surface area contributed by atoms with E-state index in [0.717, 1.165) is 23.8 Å². The lowest BCUT2D eigenvalue weighted by Gasteiger charge is -2.21. The molecule has 26 heavy (non-hydrogen) atoms. The first-order chi connectivity index (χ1) is 12.7. The topological polar surface area (TPSA) is 59.2 Å². The van der Waals surface area contributed by atoms with Crippen molar-refractivity contribution in [3.63, 3.8) is 0 Å². The Morgan fingerprint density at radius 1 is 1.08 bits per heavy atom. The Morgan fingerprint density at radius 3 is 2.46 bits per heavy atom. The van der Waals surface area contributed by atoms with Gasteiger partial charge in [0.15, 0.2) is 0 Å². The van der Waals surface area contributed by atoms with Crippen LogP contribution in [0.1, 0.15) is 34.5 Å². The van der Waals surface area contributed by atoms with Crippen molar-refractivity contribution in [3.8, 4) is 10.6 Å². The van der Waals surface area contributed by atoms with Gasteiger partial charge in [-0.3, -0.25) is 9.69 Å². The summed E-state index contributed by atoms with van der Waals surface area (Å²) < 4.78 is 0. The van der Waals surface area contributed by atoms with Crippen molar-refractivity contribution in [3.05, 3.63) is 76.8 Å². The third kappa shape index (κ3) is 4.00. The third-order valence-corrected chi connectivity index (χ3v) is 5.57. The summed E-state index contributed by atoms with van der Waals surface area (Å²) in [6.07, 6.45) is 2.49. The van der Waals surface area contributed by atoms with Crippen molar-refractivity contribution in [2.45, 2.75) is 32.0 Å². The van der Waals surface area contributed by atoms with Gasteiger partial charge in [-0.1, -0.05) is 42.5 Å². The molecule has 0 bridgehead atoms. The molecule has 1 aromatic heterocycles. The maximum absolute atomic E-state index is 11.2. The standard InChI is InChI=1S/C21H21N3OS/c22-20(25)16-8-6-15(7-9-16)12-24(19-10-11-19)13-18-14-26-21(23-18)17-4-2-1-3-5-17/h1-9,14,19H,10-13H2,(H2,22,25). The van der Waals surface area contributed by atoms with Gasteiger partial charge in [-0.2, -0.15) is 0 Å². The summed E-state index contributed by atoms with van der Waals surface area (Å²) in [5, 5.41) is 3.23. The molecular weight excluding hydrogens is 342 g/mol. The second-order valence-corrected chi connectivity index (χ2v) is 7.57. The minimum Gasteiger partial charge on any atom is -0.366 e. The van der Waals surface area contributed by atoms with Crippen molar-refractivity contribution in [2.24, 2.45) is 5.73 Å². The molecule has 0 aliphatic heterocycles. The van der Waals surface area contributed by atoms with Gasteiger partial charge >= 0.3 is 0 Å². The monoisotopic (exact) mass is 363 g/mol. The van der Waals surface area contributed by atoms with Crippen LogP contribution < -0.4 is 5.73 Å². The number of benzene rings is 2. The highest BCUT2D eigenvalue weighted by Gasteiger charge is 2.29. The fraction of sp³-hybridized carbons (Fsp3) is 0.238. The molecule has 1 saturated carbocycles. The SMILES string of the molecule is NC(=O)c1ccc(CN(Cc2csc(-c3ccccc3)n2)C2CC2)cc1. The van der Waals surface area contributed by atoms with Crippen LogP contribution >= 0.6 is 11.3 Å². The Balaban J connectivity index is 1.46. The molecule has 0 unspecified atom stereocenters. The molecule has 5 heteroatoms. The molecule has 1 heterocycles. The number of hydrogen-bond donors (Lipinski definition) is 1. The van der Waals surface area contributed by atoms with Crippen LogP contribution in [0.5, 0.6) is 0 Å². The zero-order chi connectivity index (χ0) is 17.9. The number of primary amides is 1. The van der Waals surface area contributed by atoms with Gasteiger partial charge < -0.3 is 5.73 Å². The number of amides is 1. The number of nitrogens with two attached hydrogens (primary N) is 1. The van der Waals surface area contributed by atoms with Crippen LogP contribution in [0.25, 0.3) is 10.6 Å². The predicted octanol–water partition coefficient (Wildman–Crippen LogP) is 4.07. The summed E-state index contributed by atoms with van der Waals surface area (Å²) >= 11 is 1.70. The fourth-order valence-corrected chi connectivity index (χ4v) is 3.88. The van der Waals surface area contributed by atoms with Gasteiger partial charge in [-0.15, -0.1) is 11.3 Å². The van der Waals surface area contributed by atoms with E-state index in [0.29, 0.717) is 11.6 Å². The van der Waals surface area contributed by atoms with Gasteiger partial charge in [-0.05, 0) is 30.5 Å². The summed E-state index contributed by atoms with van der Waals surface area (Å²) in [5.41, 5.74) is 9.36. The van der Waals surface area contributed by atoms with Gasteiger partial charge in [0.25, 0.3) is 0 Å².